The molecule has 0 spiro atoms. The molecule has 9 heteroatoms. The molecule has 0 saturated carbocycles. The van der Waals surface area contributed by atoms with Crippen LogP contribution in [0.4, 0.5) is 5.82 Å². The molecule has 2 unspecified atom stereocenters. The molecule has 1 aliphatic heterocycles. The Labute approximate surface area is 179 Å². The minimum Gasteiger partial charge on any atom is -0.458 e. The van der Waals surface area contributed by atoms with Crippen molar-refractivity contribution in [2.75, 3.05) is 25.5 Å². The molecule has 4 rings (SSSR count). The summed E-state index contributed by atoms with van der Waals surface area (Å²) in [6.07, 6.45) is 4.08. The number of hydrogen-bond donors (Lipinski definition) is 2. The molecular weight excluding hydrogens is 400 g/mol. The largest absolute Gasteiger partial charge is 0.458 e. The normalized spacial score (nSPS) is 17.9. The van der Waals surface area contributed by atoms with Gasteiger partial charge in [-0.3, -0.25) is 4.79 Å². The second-order valence-corrected chi connectivity index (χ2v) is 8.51. The quantitative estimate of drug-likeness (QED) is 0.599. The number of carbonyl (C=O) groups excluding carboxylic acids is 1. The predicted molar refractivity (Wildman–Crippen MR) is 117 cm³/mol. The van der Waals surface area contributed by atoms with Crippen molar-refractivity contribution in [2.24, 2.45) is 0 Å². The fourth-order valence-electron chi connectivity index (χ4n) is 3.78. The molecule has 4 heterocycles. The average Bonchev–Trinajstić information content (AvgIpc) is 3.48. The number of amides is 1. The Balaban J connectivity index is 1.48. The number of rotatable bonds is 7. The number of thiazole rings is 1. The van der Waals surface area contributed by atoms with Gasteiger partial charge in [0.1, 0.15) is 22.3 Å². The smallest absolute Gasteiger partial charge is 0.239 e. The van der Waals surface area contributed by atoms with Gasteiger partial charge in [-0.1, -0.05) is 0 Å². The first-order valence-corrected chi connectivity index (χ1v) is 11.0. The maximum atomic E-state index is 12.6. The van der Waals surface area contributed by atoms with Crippen molar-refractivity contribution >= 4 is 23.1 Å². The summed E-state index contributed by atoms with van der Waals surface area (Å²) in [5.74, 6) is 2.02. The summed E-state index contributed by atoms with van der Waals surface area (Å²) in [5.41, 5.74) is 0.647. The number of hydrogen-bond acceptors (Lipinski definition) is 8. The molecule has 3 aromatic heterocycles. The zero-order valence-electron chi connectivity index (χ0n) is 17.4. The summed E-state index contributed by atoms with van der Waals surface area (Å²) >= 11 is 1.48. The molecule has 1 fully saturated rings. The van der Waals surface area contributed by atoms with E-state index in [0.29, 0.717) is 29.1 Å². The number of aryl methyl sites for hydroxylation is 1. The monoisotopic (exact) mass is 426 g/mol. The third-order valence-electron chi connectivity index (χ3n) is 5.34. The van der Waals surface area contributed by atoms with Crippen LogP contribution in [0.15, 0.2) is 34.2 Å². The number of aromatic nitrogens is 3. The molecule has 2 N–H and O–H groups in total. The van der Waals surface area contributed by atoms with Crippen LogP contribution < -0.4 is 10.6 Å². The van der Waals surface area contributed by atoms with E-state index >= 15 is 0 Å². The Bertz CT molecular complexity index is 1000. The molecule has 1 amide bonds. The van der Waals surface area contributed by atoms with Gasteiger partial charge in [0, 0.05) is 29.7 Å². The summed E-state index contributed by atoms with van der Waals surface area (Å²) in [4.78, 5) is 28.3. The Morgan fingerprint density at radius 2 is 2.27 bits per heavy atom. The van der Waals surface area contributed by atoms with Crippen LogP contribution in [0.3, 0.4) is 0 Å². The zero-order valence-corrected chi connectivity index (χ0v) is 18.2. The molecule has 8 nitrogen and oxygen atoms in total. The molecule has 0 aromatic carbocycles. The lowest BCUT2D eigenvalue weighted by atomic mass is 10.1. The highest BCUT2D eigenvalue weighted by atomic mass is 32.1. The first-order valence-electron chi connectivity index (χ1n) is 10.1. The topological polar surface area (TPSA) is 96.2 Å². The SMILES string of the molecule is Cc1ccc(-c2nc(NC(=O)CNC(C)C3CCCN3C)cc(-c3nccs3)n2)o1. The maximum Gasteiger partial charge on any atom is 0.239 e. The Morgan fingerprint density at radius 1 is 1.40 bits per heavy atom. The van der Waals surface area contributed by atoms with Gasteiger partial charge in [-0.2, -0.15) is 0 Å². The molecule has 2 atom stereocenters. The second kappa shape index (κ2) is 9.03. The van der Waals surface area contributed by atoms with Crippen LogP contribution in [-0.2, 0) is 4.79 Å². The minimum absolute atomic E-state index is 0.145. The highest BCUT2D eigenvalue weighted by Crippen LogP contribution is 2.26. The first kappa shape index (κ1) is 20.6. The first-order chi connectivity index (χ1) is 14.5. The summed E-state index contributed by atoms with van der Waals surface area (Å²) < 4.78 is 5.68. The lowest BCUT2D eigenvalue weighted by Crippen LogP contribution is -2.46. The molecule has 0 radical (unpaired) electrons. The highest BCUT2D eigenvalue weighted by Gasteiger charge is 2.26. The van der Waals surface area contributed by atoms with Crippen LogP contribution in [0.1, 0.15) is 25.5 Å². The minimum atomic E-state index is -0.145. The van der Waals surface area contributed by atoms with Gasteiger partial charge in [-0.05, 0) is 52.4 Å². The number of furan rings is 1. The van der Waals surface area contributed by atoms with Gasteiger partial charge in [0.15, 0.2) is 11.6 Å². The average molecular weight is 427 g/mol. The van der Waals surface area contributed by atoms with Gasteiger partial charge < -0.3 is 20.0 Å². The lowest BCUT2D eigenvalue weighted by molar-refractivity contribution is -0.115. The van der Waals surface area contributed by atoms with Crippen LogP contribution in [0.2, 0.25) is 0 Å². The summed E-state index contributed by atoms with van der Waals surface area (Å²) in [7, 11) is 2.13. The van der Waals surface area contributed by atoms with Gasteiger partial charge >= 0.3 is 0 Å². The van der Waals surface area contributed by atoms with Gasteiger partial charge in [-0.25, -0.2) is 15.0 Å². The Kier molecular flexibility index (Phi) is 6.21. The van der Waals surface area contributed by atoms with Crippen molar-refractivity contribution in [1.29, 1.82) is 0 Å². The van der Waals surface area contributed by atoms with Crippen molar-refractivity contribution in [3.63, 3.8) is 0 Å². The molecular formula is C21H26N6O2S. The molecule has 0 bridgehead atoms. The number of anilines is 1. The van der Waals surface area contributed by atoms with Crippen molar-refractivity contribution in [3.05, 3.63) is 35.5 Å². The van der Waals surface area contributed by atoms with E-state index in [4.69, 9.17) is 4.42 Å². The molecule has 30 heavy (non-hydrogen) atoms. The molecule has 158 valence electrons. The van der Waals surface area contributed by atoms with Crippen LogP contribution in [0.5, 0.6) is 0 Å². The number of carbonyl (C=O) groups is 1. The maximum absolute atomic E-state index is 12.6. The number of nitrogens with one attached hydrogen (secondary N) is 2. The van der Waals surface area contributed by atoms with Crippen molar-refractivity contribution in [2.45, 2.75) is 38.8 Å². The fourth-order valence-corrected chi connectivity index (χ4v) is 4.38. The molecule has 3 aromatic rings. The van der Waals surface area contributed by atoms with Crippen LogP contribution in [-0.4, -0.2) is 58.0 Å². The van der Waals surface area contributed by atoms with Crippen molar-refractivity contribution < 1.29 is 9.21 Å². The second-order valence-electron chi connectivity index (χ2n) is 7.62. The summed E-state index contributed by atoms with van der Waals surface area (Å²) in [6.45, 7) is 5.32. The lowest BCUT2D eigenvalue weighted by Gasteiger charge is -2.26. The van der Waals surface area contributed by atoms with Gasteiger partial charge in [0.2, 0.25) is 5.91 Å². The third-order valence-corrected chi connectivity index (χ3v) is 6.14. The number of likely N-dealkylation sites (tertiary alicyclic amines) is 1. The van der Waals surface area contributed by atoms with E-state index < -0.39 is 0 Å². The Morgan fingerprint density at radius 3 is 2.93 bits per heavy atom. The zero-order chi connectivity index (χ0) is 21.1. The van der Waals surface area contributed by atoms with E-state index in [0.717, 1.165) is 23.7 Å². The molecule has 1 aliphatic rings. The summed E-state index contributed by atoms with van der Waals surface area (Å²) in [6, 6.07) is 6.12. The number of nitrogens with zero attached hydrogens (tertiary/aromatic N) is 4. The van der Waals surface area contributed by atoms with E-state index in [9.17, 15) is 4.79 Å². The molecule has 0 aliphatic carbocycles. The van der Waals surface area contributed by atoms with E-state index in [2.05, 4.69) is 44.5 Å². The predicted octanol–water partition coefficient (Wildman–Crippen LogP) is 3.18. The highest BCUT2D eigenvalue weighted by molar-refractivity contribution is 7.13. The Hall–Kier alpha value is -2.62. The van der Waals surface area contributed by atoms with Gasteiger partial charge in [-0.15, -0.1) is 11.3 Å². The van der Waals surface area contributed by atoms with Crippen molar-refractivity contribution in [3.8, 4) is 22.3 Å². The van der Waals surface area contributed by atoms with E-state index in [1.54, 1.807) is 12.3 Å². The standard InChI is InChI=1S/C21H26N6O2S/c1-13-6-7-17(29-13)20-24-15(21-22-8-10-30-21)11-18(26-20)25-19(28)12-23-14(2)16-5-4-9-27(16)3/h6-8,10-11,14,16,23H,4-5,9,12H2,1-3H3,(H,24,25,26,28). The van der Waals surface area contributed by atoms with Gasteiger partial charge in [0.05, 0.1) is 6.54 Å². The third kappa shape index (κ3) is 4.75. The fraction of sp³-hybridized carbons (Fsp3) is 0.429. The van der Waals surface area contributed by atoms with E-state index in [1.165, 1.54) is 17.8 Å². The van der Waals surface area contributed by atoms with Crippen LogP contribution in [0, 0.1) is 6.92 Å². The van der Waals surface area contributed by atoms with Crippen LogP contribution in [0.25, 0.3) is 22.3 Å². The summed E-state index contributed by atoms with van der Waals surface area (Å²) in [5, 5.41) is 8.87. The number of likely N-dealkylation sites (N-methyl/N-ethyl adjacent to an activating group) is 1. The van der Waals surface area contributed by atoms with E-state index in [1.807, 2.05) is 24.4 Å². The molecule has 1 saturated heterocycles. The van der Waals surface area contributed by atoms with Gasteiger partial charge in [0.25, 0.3) is 0 Å². The van der Waals surface area contributed by atoms with Crippen LogP contribution >= 0.6 is 11.3 Å². The van der Waals surface area contributed by atoms with E-state index in [-0.39, 0.29) is 18.5 Å². The van der Waals surface area contributed by atoms with Crippen molar-refractivity contribution in [1.82, 2.24) is 25.2 Å².